The van der Waals surface area contributed by atoms with E-state index < -0.39 is 0 Å². The highest BCUT2D eigenvalue weighted by Crippen LogP contribution is 2.25. The van der Waals surface area contributed by atoms with E-state index in [1.165, 1.54) is 11.1 Å². The largest absolute Gasteiger partial charge is 0.491 e. The van der Waals surface area contributed by atoms with E-state index in [-0.39, 0.29) is 11.7 Å². The van der Waals surface area contributed by atoms with Crippen LogP contribution in [0, 0.1) is 0 Å². The maximum absolute atomic E-state index is 5.88. The summed E-state index contributed by atoms with van der Waals surface area (Å²) >= 11 is 0. The quantitative estimate of drug-likeness (QED) is 0.382. The highest BCUT2D eigenvalue weighted by Gasteiger charge is 2.13. The summed E-state index contributed by atoms with van der Waals surface area (Å²) in [5.74, 6) is 2.24. The molecular formula is C24H34O3. The molecule has 0 aromatic heterocycles. The van der Waals surface area contributed by atoms with E-state index >= 15 is 0 Å². The van der Waals surface area contributed by atoms with Crippen LogP contribution in [0.4, 0.5) is 0 Å². The second-order valence-electron chi connectivity index (χ2n) is 8.06. The Bertz CT molecular complexity index is 686. The van der Waals surface area contributed by atoms with Crippen LogP contribution in [0.3, 0.4) is 0 Å². The SMILES string of the molecule is CCC(C)c1cccc(OC(C)OCCOc2ccc(C(C)(C)C)cc2)c1. The zero-order valence-electron chi connectivity index (χ0n) is 17.6. The first-order valence-electron chi connectivity index (χ1n) is 9.91. The molecule has 0 saturated carbocycles. The van der Waals surface area contributed by atoms with Gasteiger partial charge in [0.25, 0.3) is 0 Å². The summed E-state index contributed by atoms with van der Waals surface area (Å²) in [5, 5.41) is 0. The molecule has 0 amide bonds. The summed E-state index contributed by atoms with van der Waals surface area (Å²) in [6, 6.07) is 16.5. The van der Waals surface area contributed by atoms with Gasteiger partial charge in [0.1, 0.15) is 18.1 Å². The second-order valence-corrected chi connectivity index (χ2v) is 8.06. The van der Waals surface area contributed by atoms with Crippen LogP contribution in [0.1, 0.15) is 65.0 Å². The molecule has 2 rings (SSSR count). The number of ether oxygens (including phenoxy) is 3. The number of benzene rings is 2. The summed E-state index contributed by atoms with van der Waals surface area (Å²) in [5.41, 5.74) is 2.75. The third-order valence-corrected chi connectivity index (χ3v) is 4.77. The molecule has 0 heterocycles. The fraction of sp³-hybridized carbons (Fsp3) is 0.500. The lowest BCUT2D eigenvalue weighted by Gasteiger charge is -2.19. The molecule has 2 unspecified atom stereocenters. The molecular weight excluding hydrogens is 336 g/mol. The average Bonchev–Trinajstić information content (AvgIpc) is 2.64. The van der Waals surface area contributed by atoms with E-state index in [0.717, 1.165) is 17.9 Å². The first-order chi connectivity index (χ1) is 12.8. The van der Waals surface area contributed by atoms with Crippen molar-refractivity contribution >= 4 is 0 Å². The Morgan fingerprint density at radius 1 is 0.889 bits per heavy atom. The summed E-state index contributed by atoms with van der Waals surface area (Å²) in [7, 11) is 0. The number of rotatable bonds is 9. The van der Waals surface area contributed by atoms with Gasteiger partial charge in [-0.05, 0) is 60.1 Å². The van der Waals surface area contributed by atoms with Crippen molar-refractivity contribution in [2.75, 3.05) is 13.2 Å². The van der Waals surface area contributed by atoms with E-state index in [2.05, 4.69) is 58.9 Å². The molecule has 0 fully saturated rings. The van der Waals surface area contributed by atoms with Crippen LogP contribution < -0.4 is 9.47 Å². The minimum Gasteiger partial charge on any atom is -0.491 e. The van der Waals surface area contributed by atoms with E-state index in [4.69, 9.17) is 14.2 Å². The van der Waals surface area contributed by atoms with Gasteiger partial charge in [-0.15, -0.1) is 0 Å². The Morgan fingerprint density at radius 2 is 1.59 bits per heavy atom. The van der Waals surface area contributed by atoms with Crippen molar-refractivity contribution in [1.29, 1.82) is 0 Å². The Morgan fingerprint density at radius 3 is 2.22 bits per heavy atom. The molecule has 3 nitrogen and oxygen atoms in total. The van der Waals surface area contributed by atoms with Gasteiger partial charge in [-0.1, -0.05) is 58.9 Å². The molecule has 0 aliphatic rings. The highest BCUT2D eigenvalue weighted by molar-refractivity contribution is 5.31. The van der Waals surface area contributed by atoms with Gasteiger partial charge in [0, 0.05) is 0 Å². The zero-order chi connectivity index (χ0) is 19.9. The molecule has 0 saturated heterocycles. The van der Waals surface area contributed by atoms with Gasteiger partial charge in [0.05, 0.1) is 6.61 Å². The van der Waals surface area contributed by atoms with Gasteiger partial charge in [-0.3, -0.25) is 0 Å². The monoisotopic (exact) mass is 370 g/mol. The van der Waals surface area contributed by atoms with Gasteiger partial charge in [-0.2, -0.15) is 0 Å². The van der Waals surface area contributed by atoms with Crippen LogP contribution in [0.25, 0.3) is 0 Å². The van der Waals surface area contributed by atoms with E-state index in [1.54, 1.807) is 0 Å². The van der Waals surface area contributed by atoms with Crippen LogP contribution in [0.2, 0.25) is 0 Å². The fourth-order valence-corrected chi connectivity index (χ4v) is 2.78. The maximum Gasteiger partial charge on any atom is 0.197 e. The Kier molecular flexibility index (Phi) is 7.73. The number of hydrogen-bond acceptors (Lipinski definition) is 3. The minimum atomic E-state index is -0.316. The Balaban J connectivity index is 1.74. The summed E-state index contributed by atoms with van der Waals surface area (Å²) in [6.07, 6.45) is 0.799. The molecule has 0 spiro atoms. The third kappa shape index (κ3) is 6.91. The zero-order valence-corrected chi connectivity index (χ0v) is 17.6. The van der Waals surface area contributed by atoms with E-state index in [0.29, 0.717) is 19.1 Å². The lowest BCUT2D eigenvalue weighted by atomic mass is 9.87. The lowest BCUT2D eigenvalue weighted by Crippen LogP contribution is -2.20. The van der Waals surface area contributed by atoms with Gasteiger partial charge >= 0.3 is 0 Å². The lowest BCUT2D eigenvalue weighted by molar-refractivity contribution is -0.0739. The Hall–Kier alpha value is -2.00. The van der Waals surface area contributed by atoms with Crippen molar-refractivity contribution in [3.63, 3.8) is 0 Å². The van der Waals surface area contributed by atoms with Crippen molar-refractivity contribution in [1.82, 2.24) is 0 Å². The number of hydrogen-bond donors (Lipinski definition) is 0. The van der Waals surface area contributed by atoms with Gasteiger partial charge in [-0.25, -0.2) is 0 Å². The molecule has 0 aliphatic heterocycles. The molecule has 2 atom stereocenters. The van der Waals surface area contributed by atoms with E-state index in [1.807, 2.05) is 31.2 Å². The summed E-state index contributed by atoms with van der Waals surface area (Å²) in [4.78, 5) is 0. The van der Waals surface area contributed by atoms with Crippen LogP contribution >= 0.6 is 0 Å². The summed E-state index contributed by atoms with van der Waals surface area (Å²) in [6.45, 7) is 13.9. The third-order valence-electron chi connectivity index (χ3n) is 4.77. The van der Waals surface area contributed by atoms with Crippen molar-refractivity contribution in [3.05, 3.63) is 59.7 Å². The minimum absolute atomic E-state index is 0.153. The van der Waals surface area contributed by atoms with Crippen molar-refractivity contribution in [2.24, 2.45) is 0 Å². The molecule has 0 radical (unpaired) electrons. The van der Waals surface area contributed by atoms with Gasteiger partial charge in [0.2, 0.25) is 0 Å². The predicted molar refractivity (Wildman–Crippen MR) is 112 cm³/mol. The fourth-order valence-electron chi connectivity index (χ4n) is 2.78. The van der Waals surface area contributed by atoms with Gasteiger partial charge < -0.3 is 14.2 Å². The summed E-state index contributed by atoms with van der Waals surface area (Å²) < 4.78 is 17.4. The molecule has 2 aromatic rings. The topological polar surface area (TPSA) is 27.7 Å². The molecule has 2 aromatic carbocycles. The molecule has 0 bridgehead atoms. The van der Waals surface area contributed by atoms with Crippen molar-refractivity contribution < 1.29 is 14.2 Å². The highest BCUT2D eigenvalue weighted by atomic mass is 16.7. The van der Waals surface area contributed by atoms with Crippen molar-refractivity contribution in [3.8, 4) is 11.5 Å². The smallest absolute Gasteiger partial charge is 0.197 e. The van der Waals surface area contributed by atoms with E-state index in [9.17, 15) is 0 Å². The van der Waals surface area contributed by atoms with Crippen LogP contribution in [0.15, 0.2) is 48.5 Å². The first kappa shape index (κ1) is 21.3. The first-order valence-corrected chi connectivity index (χ1v) is 9.91. The van der Waals surface area contributed by atoms with Crippen LogP contribution in [-0.2, 0) is 10.2 Å². The second kappa shape index (κ2) is 9.80. The molecule has 0 N–H and O–H groups in total. The molecule has 0 aliphatic carbocycles. The maximum atomic E-state index is 5.88. The Labute approximate surface area is 164 Å². The normalized spacial score (nSPS) is 13.9. The van der Waals surface area contributed by atoms with Crippen molar-refractivity contribution in [2.45, 2.75) is 65.6 Å². The van der Waals surface area contributed by atoms with Gasteiger partial charge in [0.15, 0.2) is 6.29 Å². The average molecular weight is 371 g/mol. The van der Waals surface area contributed by atoms with Crippen LogP contribution in [-0.4, -0.2) is 19.5 Å². The van der Waals surface area contributed by atoms with Crippen LogP contribution in [0.5, 0.6) is 11.5 Å². The molecule has 148 valence electrons. The molecule has 27 heavy (non-hydrogen) atoms. The molecule has 3 heteroatoms. The standard InChI is InChI=1S/C24H34O3/c1-7-18(2)20-9-8-10-23(17-20)27-19(3)25-15-16-26-22-13-11-21(12-14-22)24(4,5)6/h8-14,17-19H,7,15-16H2,1-6H3. The predicted octanol–water partition coefficient (Wildman–Crippen LogP) is 6.32.